The maximum absolute atomic E-state index is 12.9. The van der Waals surface area contributed by atoms with Crippen molar-refractivity contribution in [3.63, 3.8) is 0 Å². The van der Waals surface area contributed by atoms with Crippen LogP contribution in [0.2, 0.25) is 0 Å². The van der Waals surface area contributed by atoms with Crippen LogP contribution in [0.5, 0.6) is 5.75 Å². The molecule has 4 heteroatoms. The standard InChI is InChI=1S/C8H6FNO2/c9-5-1-2-6(11)4-3-7(12)10-8(4)5/h1-2,11H,3H2,(H,10,12). The van der Waals surface area contributed by atoms with Crippen molar-refractivity contribution in [2.75, 3.05) is 5.32 Å². The van der Waals surface area contributed by atoms with Crippen LogP contribution in [-0.4, -0.2) is 11.0 Å². The summed E-state index contributed by atoms with van der Waals surface area (Å²) < 4.78 is 12.9. The van der Waals surface area contributed by atoms with Crippen LogP contribution in [0, 0.1) is 5.82 Å². The number of phenolic OH excluding ortho intramolecular Hbond substituents is 1. The van der Waals surface area contributed by atoms with E-state index in [1.807, 2.05) is 0 Å². The third-order valence-corrected chi connectivity index (χ3v) is 1.84. The zero-order valence-electron chi connectivity index (χ0n) is 6.10. The number of hydrogen-bond acceptors (Lipinski definition) is 2. The number of carbonyl (C=O) groups excluding carboxylic acids is 1. The highest BCUT2D eigenvalue weighted by atomic mass is 19.1. The number of carbonyl (C=O) groups is 1. The van der Waals surface area contributed by atoms with E-state index in [9.17, 15) is 14.3 Å². The molecule has 0 unspecified atom stereocenters. The zero-order chi connectivity index (χ0) is 8.72. The van der Waals surface area contributed by atoms with Gasteiger partial charge in [0.15, 0.2) is 0 Å². The first-order valence-electron chi connectivity index (χ1n) is 3.48. The largest absolute Gasteiger partial charge is 0.508 e. The van der Waals surface area contributed by atoms with Gasteiger partial charge in [0.25, 0.3) is 0 Å². The molecule has 0 saturated heterocycles. The van der Waals surface area contributed by atoms with Crippen molar-refractivity contribution in [2.24, 2.45) is 0 Å². The van der Waals surface area contributed by atoms with E-state index in [2.05, 4.69) is 5.32 Å². The normalized spacial score (nSPS) is 14.2. The number of phenols is 1. The van der Waals surface area contributed by atoms with Gasteiger partial charge in [0.1, 0.15) is 11.6 Å². The molecule has 0 aliphatic carbocycles. The van der Waals surface area contributed by atoms with E-state index in [0.717, 1.165) is 6.07 Å². The lowest BCUT2D eigenvalue weighted by Crippen LogP contribution is -2.04. The molecule has 12 heavy (non-hydrogen) atoms. The van der Waals surface area contributed by atoms with Gasteiger partial charge in [-0.1, -0.05) is 0 Å². The van der Waals surface area contributed by atoms with Crippen molar-refractivity contribution in [3.05, 3.63) is 23.5 Å². The first-order valence-corrected chi connectivity index (χ1v) is 3.48. The molecule has 0 saturated carbocycles. The van der Waals surface area contributed by atoms with Gasteiger partial charge in [-0.05, 0) is 12.1 Å². The Morgan fingerprint density at radius 3 is 2.92 bits per heavy atom. The topological polar surface area (TPSA) is 49.3 Å². The summed E-state index contributed by atoms with van der Waals surface area (Å²) in [6.45, 7) is 0. The average Bonchev–Trinajstić information content (AvgIpc) is 2.41. The smallest absolute Gasteiger partial charge is 0.229 e. The van der Waals surface area contributed by atoms with Crippen LogP contribution in [-0.2, 0) is 11.2 Å². The van der Waals surface area contributed by atoms with E-state index in [1.54, 1.807) is 0 Å². The number of amides is 1. The SMILES string of the molecule is O=C1Cc2c(O)ccc(F)c2N1. The number of fused-ring (bicyclic) bond motifs is 1. The summed E-state index contributed by atoms with van der Waals surface area (Å²) in [6, 6.07) is 2.37. The van der Waals surface area contributed by atoms with Crippen molar-refractivity contribution >= 4 is 11.6 Å². The minimum absolute atomic E-state index is 0.0373. The second-order valence-electron chi connectivity index (χ2n) is 2.65. The van der Waals surface area contributed by atoms with Gasteiger partial charge < -0.3 is 10.4 Å². The van der Waals surface area contributed by atoms with Crippen LogP contribution in [0.25, 0.3) is 0 Å². The lowest BCUT2D eigenvalue weighted by molar-refractivity contribution is -0.115. The summed E-state index contributed by atoms with van der Waals surface area (Å²) in [6.07, 6.45) is 0.0545. The fourth-order valence-electron chi connectivity index (χ4n) is 1.27. The number of aromatic hydroxyl groups is 1. The predicted molar refractivity (Wildman–Crippen MR) is 40.4 cm³/mol. The summed E-state index contributed by atoms with van der Waals surface area (Å²) in [5.41, 5.74) is 0.458. The lowest BCUT2D eigenvalue weighted by Gasteiger charge is -2.00. The minimum Gasteiger partial charge on any atom is -0.508 e. The molecule has 0 fully saturated rings. The van der Waals surface area contributed by atoms with Crippen LogP contribution < -0.4 is 5.32 Å². The molecule has 1 amide bonds. The van der Waals surface area contributed by atoms with Crippen molar-refractivity contribution in [1.82, 2.24) is 0 Å². The Morgan fingerprint density at radius 1 is 1.50 bits per heavy atom. The van der Waals surface area contributed by atoms with Crippen molar-refractivity contribution < 1.29 is 14.3 Å². The van der Waals surface area contributed by atoms with E-state index in [1.165, 1.54) is 6.07 Å². The highest BCUT2D eigenvalue weighted by Gasteiger charge is 2.23. The monoisotopic (exact) mass is 167 g/mol. The first-order chi connectivity index (χ1) is 5.68. The molecule has 1 aromatic carbocycles. The predicted octanol–water partition coefficient (Wildman–Crippen LogP) is 1.03. The Labute approximate surface area is 67.8 Å². The fourth-order valence-corrected chi connectivity index (χ4v) is 1.27. The molecular formula is C8H6FNO2. The number of nitrogens with one attached hydrogen (secondary N) is 1. The summed E-state index contributed by atoms with van der Waals surface area (Å²) in [4.78, 5) is 10.8. The number of rotatable bonds is 0. The molecule has 1 aliphatic rings. The Bertz CT molecular complexity index is 329. The molecule has 0 spiro atoms. The maximum atomic E-state index is 12.9. The number of anilines is 1. The van der Waals surface area contributed by atoms with Crippen LogP contribution in [0.1, 0.15) is 5.56 Å². The molecule has 0 bridgehead atoms. The van der Waals surface area contributed by atoms with Gasteiger partial charge in [0.05, 0.1) is 12.1 Å². The molecule has 1 heterocycles. The van der Waals surface area contributed by atoms with Crippen LogP contribution in [0.15, 0.2) is 12.1 Å². The van der Waals surface area contributed by atoms with Gasteiger partial charge in [-0.25, -0.2) is 4.39 Å². The summed E-state index contributed by atoms with van der Waals surface area (Å²) in [5.74, 6) is -0.830. The highest BCUT2D eigenvalue weighted by Crippen LogP contribution is 2.32. The third kappa shape index (κ3) is 0.845. The summed E-state index contributed by atoms with van der Waals surface area (Å²) in [7, 11) is 0. The molecule has 0 radical (unpaired) electrons. The Balaban J connectivity index is 2.64. The van der Waals surface area contributed by atoms with Crippen LogP contribution >= 0.6 is 0 Å². The second kappa shape index (κ2) is 2.20. The van der Waals surface area contributed by atoms with Gasteiger partial charge in [0.2, 0.25) is 5.91 Å². The lowest BCUT2D eigenvalue weighted by atomic mass is 10.1. The van der Waals surface area contributed by atoms with Gasteiger partial charge in [-0.3, -0.25) is 4.79 Å². The van der Waals surface area contributed by atoms with E-state index in [4.69, 9.17) is 0 Å². The second-order valence-corrected chi connectivity index (χ2v) is 2.65. The molecule has 1 aromatic rings. The number of benzene rings is 1. The number of halogens is 1. The third-order valence-electron chi connectivity index (χ3n) is 1.84. The zero-order valence-corrected chi connectivity index (χ0v) is 6.10. The number of hydrogen-bond donors (Lipinski definition) is 2. The van der Waals surface area contributed by atoms with Gasteiger partial charge in [-0.15, -0.1) is 0 Å². The van der Waals surface area contributed by atoms with Gasteiger partial charge in [-0.2, -0.15) is 0 Å². The molecule has 2 N–H and O–H groups in total. The molecular weight excluding hydrogens is 161 g/mol. The van der Waals surface area contributed by atoms with Crippen molar-refractivity contribution in [1.29, 1.82) is 0 Å². The summed E-state index contributed by atoms with van der Waals surface area (Å²) >= 11 is 0. The quantitative estimate of drug-likeness (QED) is 0.606. The Kier molecular flexibility index (Phi) is 1.30. The summed E-state index contributed by atoms with van der Waals surface area (Å²) in [5, 5.41) is 11.5. The van der Waals surface area contributed by atoms with E-state index >= 15 is 0 Å². The molecule has 1 aliphatic heterocycles. The van der Waals surface area contributed by atoms with Gasteiger partial charge in [0, 0.05) is 5.56 Å². The fraction of sp³-hybridized carbons (Fsp3) is 0.125. The van der Waals surface area contributed by atoms with E-state index < -0.39 is 5.82 Å². The van der Waals surface area contributed by atoms with Gasteiger partial charge >= 0.3 is 0 Å². The maximum Gasteiger partial charge on any atom is 0.229 e. The van der Waals surface area contributed by atoms with E-state index in [-0.39, 0.29) is 23.8 Å². The first kappa shape index (κ1) is 7.09. The molecule has 0 aromatic heterocycles. The molecule has 0 atom stereocenters. The molecule has 62 valence electrons. The average molecular weight is 167 g/mol. The van der Waals surface area contributed by atoms with Crippen molar-refractivity contribution in [2.45, 2.75) is 6.42 Å². The minimum atomic E-state index is -0.506. The van der Waals surface area contributed by atoms with E-state index in [0.29, 0.717) is 5.56 Å². The molecule has 3 nitrogen and oxygen atoms in total. The van der Waals surface area contributed by atoms with Crippen LogP contribution in [0.4, 0.5) is 10.1 Å². The Hall–Kier alpha value is -1.58. The molecule has 2 rings (SSSR count). The Morgan fingerprint density at radius 2 is 2.25 bits per heavy atom. The van der Waals surface area contributed by atoms with Crippen LogP contribution in [0.3, 0.4) is 0 Å². The highest BCUT2D eigenvalue weighted by molar-refractivity contribution is 6.00. The van der Waals surface area contributed by atoms with Crippen molar-refractivity contribution in [3.8, 4) is 5.75 Å².